The molecule has 0 aliphatic carbocycles. The van der Waals surface area contributed by atoms with E-state index < -0.39 is 17.6 Å². The van der Waals surface area contributed by atoms with Gasteiger partial charge in [0.15, 0.2) is 0 Å². The molecule has 0 N–H and O–H groups in total. The number of carbonyl (C=O) groups excluding carboxylic acids is 2. The van der Waals surface area contributed by atoms with E-state index >= 15 is 0 Å². The lowest BCUT2D eigenvalue weighted by atomic mass is 10.0. The number of aromatic nitrogens is 1. The minimum absolute atomic E-state index is 0.0296. The number of imide groups is 1. The normalized spacial score (nSPS) is 16.8. The average molecular weight is 428 g/mol. The Morgan fingerprint density at radius 2 is 1.38 bits per heavy atom. The van der Waals surface area contributed by atoms with Gasteiger partial charge in [-0.15, -0.1) is 0 Å². The molecule has 0 atom stereocenters. The van der Waals surface area contributed by atoms with Crippen LogP contribution in [0.25, 0.3) is 5.57 Å². The van der Waals surface area contributed by atoms with E-state index in [1.54, 1.807) is 24.4 Å². The lowest BCUT2D eigenvalue weighted by Gasteiger charge is -2.37. The Balaban J connectivity index is 1.50. The molecule has 1 fully saturated rings. The maximum atomic E-state index is 14.5. The van der Waals surface area contributed by atoms with Crippen LogP contribution < -0.4 is 9.80 Å². The van der Waals surface area contributed by atoms with E-state index in [4.69, 9.17) is 0 Å². The minimum Gasteiger partial charge on any atom is -0.363 e. The number of benzene rings is 2. The second-order valence-corrected chi connectivity index (χ2v) is 7.65. The van der Waals surface area contributed by atoms with Crippen LogP contribution in [0.15, 0.2) is 84.7 Å². The molecule has 2 aliphatic rings. The summed E-state index contributed by atoms with van der Waals surface area (Å²) in [5.74, 6) is -0.729. The molecule has 0 saturated carbocycles. The summed E-state index contributed by atoms with van der Waals surface area (Å²) in [7, 11) is 0. The molecule has 0 spiro atoms. The van der Waals surface area contributed by atoms with Crippen molar-refractivity contribution in [1.82, 2.24) is 9.88 Å². The third-order valence-corrected chi connectivity index (χ3v) is 5.78. The van der Waals surface area contributed by atoms with Gasteiger partial charge in [-0.1, -0.05) is 48.5 Å². The Hall–Kier alpha value is -4.00. The van der Waals surface area contributed by atoms with Gasteiger partial charge in [-0.05, 0) is 29.8 Å². The minimum atomic E-state index is -0.608. The molecule has 6 nitrogen and oxygen atoms in total. The first-order valence-corrected chi connectivity index (χ1v) is 10.5. The van der Waals surface area contributed by atoms with Gasteiger partial charge < -0.3 is 9.80 Å². The fourth-order valence-electron chi connectivity index (χ4n) is 4.23. The van der Waals surface area contributed by atoms with Gasteiger partial charge in [0.25, 0.3) is 11.8 Å². The number of nitrogens with zero attached hydrogens (tertiary/aromatic N) is 4. The number of pyridine rings is 1. The molecular weight excluding hydrogens is 407 g/mol. The van der Waals surface area contributed by atoms with Crippen LogP contribution in [0.2, 0.25) is 0 Å². The third-order valence-electron chi connectivity index (χ3n) is 5.78. The zero-order chi connectivity index (χ0) is 22.1. The van der Waals surface area contributed by atoms with Gasteiger partial charge in [0.1, 0.15) is 17.3 Å². The van der Waals surface area contributed by atoms with Gasteiger partial charge in [-0.3, -0.25) is 9.59 Å². The molecule has 3 aromatic rings. The van der Waals surface area contributed by atoms with Crippen LogP contribution in [0, 0.1) is 5.82 Å². The van der Waals surface area contributed by atoms with Crippen LogP contribution in [0.5, 0.6) is 0 Å². The van der Waals surface area contributed by atoms with E-state index in [-0.39, 0.29) is 5.69 Å². The zero-order valence-electron chi connectivity index (χ0n) is 17.3. The van der Waals surface area contributed by atoms with E-state index in [1.165, 1.54) is 18.2 Å². The molecule has 0 radical (unpaired) electrons. The highest BCUT2D eigenvalue weighted by atomic mass is 19.1. The van der Waals surface area contributed by atoms with Gasteiger partial charge in [-0.25, -0.2) is 14.3 Å². The monoisotopic (exact) mass is 428 g/mol. The standard InChI is InChI=1S/C25H21FN4O2/c26-19-10-4-5-11-20(19)30-24(31)22(18-8-2-1-3-9-18)23(25(30)32)29-16-14-28(15-17-29)21-12-6-7-13-27-21/h1-13H,14-17H2. The summed E-state index contributed by atoms with van der Waals surface area (Å²) in [6.45, 7) is 2.41. The highest BCUT2D eigenvalue weighted by Crippen LogP contribution is 2.36. The lowest BCUT2D eigenvalue weighted by Crippen LogP contribution is -2.48. The second kappa shape index (κ2) is 8.26. The van der Waals surface area contributed by atoms with Crippen LogP contribution in [-0.2, 0) is 9.59 Å². The first kappa shape index (κ1) is 19.9. The number of carbonyl (C=O) groups is 2. The van der Waals surface area contributed by atoms with Crippen molar-refractivity contribution in [2.45, 2.75) is 0 Å². The van der Waals surface area contributed by atoms with Crippen molar-refractivity contribution in [3.8, 4) is 0 Å². The molecule has 32 heavy (non-hydrogen) atoms. The van der Waals surface area contributed by atoms with E-state index in [0.29, 0.717) is 43.0 Å². The fraction of sp³-hybridized carbons (Fsp3) is 0.160. The highest BCUT2D eigenvalue weighted by molar-refractivity contribution is 6.45. The summed E-state index contributed by atoms with van der Waals surface area (Å²) in [4.78, 5) is 36.4. The van der Waals surface area contributed by atoms with Gasteiger partial charge >= 0.3 is 0 Å². The van der Waals surface area contributed by atoms with Crippen LogP contribution in [0.1, 0.15) is 5.56 Å². The summed E-state index contributed by atoms with van der Waals surface area (Å²) in [5.41, 5.74) is 1.25. The molecule has 5 rings (SSSR count). The number of halogens is 1. The predicted octanol–water partition coefficient (Wildman–Crippen LogP) is 3.33. The van der Waals surface area contributed by atoms with Crippen molar-refractivity contribution in [2.24, 2.45) is 0 Å². The summed E-state index contributed by atoms with van der Waals surface area (Å²) in [6, 6.07) is 20.7. The van der Waals surface area contributed by atoms with Crippen molar-refractivity contribution in [3.63, 3.8) is 0 Å². The molecule has 2 aliphatic heterocycles. The zero-order valence-corrected chi connectivity index (χ0v) is 17.3. The van der Waals surface area contributed by atoms with Crippen molar-refractivity contribution >= 4 is 28.9 Å². The maximum Gasteiger partial charge on any atom is 0.282 e. The predicted molar refractivity (Wildman–Crippen MR) is 120 cm³/mol. The fourth-order valence-corrected chi connectivity index (χ4v) is 4.23. The molecule has 2 amide bonds. The van der Waals surface area contributed by atoms with Gasteiger partial charge in [0.05, 0.1) is 11.3 Å². The summed E-state index contributed by atoms with van der Waals surface area (Å²) < 4.78 is 14.5. The molecule has 2 aromatic carbocycles. The molecule has 0 bridgehead atoms. The summed E-state index contributed by atoms with van der Waals surface area (Å²) in [6.07, 6.45) is 1.75. The van der Waals surface area contributed by atoms with E-state index in [2.05, 4.69) is 9.88 Å². The maximum absolute atomic E-state index is 14.5. The Morgan fingerprint density at radius 1 is 0.719 bits per heavy atom. The average Bonchev–Trinajstić information content (AvgIpc) is 3.10. The highest BCUT2D eigenvalue weighted by Gasteiger charge is 2.43. The van der Waals surface area contributed by atoms with E-state index in [9.17, 15) is 14.0 Å². The smallest absolute Gasteiger partial charge is 0.282 e. The lowest BCUT2D eigenvalue weighted by molar-refractivity contribution is -0.120. The Kier molecular flexibility index (Phi) is 5.15. The molecule has 7 heteroatoms. The first-order chi connectivity index (χ1) is 15.6. The van der Waals surface area contributed by atoms with Crippen molar-refractivity contribution in [2.75, 3.05) is 36.0 Å². The Bertz CT molecular complexity index is 1190. The van der Waals surface area contributed by atoms with E-state index in [0.717, 1.165) is 10.7 Å². The second-order valence-electron chi connectivity index (χ2n) is 7.65. The number of rotatable bonds is 4. The number of amides is 2. The number of piperazine rings is 1. The SMILES string of the molecule is O=C1C(c2ccccc2)=C(N2CCN(c3ccccn3)CC2)C(=O)N1c1ccccc1F. The third kappa shape index (κ3) is 3.41. The van der Waals surface area contributed by atoms with Crippen molar-refractivity contribution in [1.29, 1.82) is 0 Å². The van der Waals surface area contributed by atoms with Gasteiger partial charge in [0, 0.05) is 32.4 Å². The van der Waals surface area contributed by atoms with Crippen LogP contribution >= 0.6 is 0 Å². The van der Waals surface area contributed by atoms with E-state index in [1.807, 2.05) is 41.3 Å². The van der Waals surface area contributed by atoms with Gasteiger partial charge in [-0.2, -0.15) is 0 Å². The molecule has 1 aromatic heterocycles. The van der Waals surface area contributed by atoms with Gasteiger partial charge in [0.2, 0.25) is 0 Å². The number of hydrogen-bond acceptors (Lipinski definition) is 5. The largest absolute Gasteiger partial charge is 0.363 e. The van der Waals surface area contributed by atoms with Crippen molar-refractivity contribution < 1.29 is 14.0 Å². The molecule has 160 valence electrons. The topological polar surface area (TPSA) is 56.8 Å². The van der Waals surface area contributed by atoms with Crippen LogP contribution in [0.3, 0.4) is 0 Å². The first-order valence-electron chi connectivity index (χ1n) is 10.5. The number of anilines is 2. The van der Waals surface area contributed by atoms with Crippen LogP contribution in [-0.4, -0.2) is 47.9 Å². The molecule has 1 saturated heterocycles. The van der Waals surface area contributed by atoms with Crippen molar-refractivity contribution in [3.05, 3.63) is 96.1 Å². The molecular formula is C25H21FN4O2. The summed E-state index contributed by atoms with van der Waals surface area (Å²) >= 11 is 0. The number of hydrogen-bond donors (Lipinski definition) is 0. The quantitative estimate of drug-likeness (QED) is 0.597. The summed E-state index contributed by atoms with van der Waals surface area (Å²) in [5, 5.41) is 0. The molecule has 3 heterocycles. The number of para-hydroxylation sites is 1. The molecule has 0 unspecified atom stereocenters. The van der Waals surface area contributed by atoms with Crippen LogP contribution in [0.4, 0.5) is 15.9 Å². The Morgan fingerprint density at radius 3 is 2.06 bits per heavy atom. The Labute approximate surface area is 185 Å².